The average Bonchev–Trinajstić information content (AvgIpc) is 3.18. The standard InChI is InChI=1S/C27H36FN3O/c1-30(2)14-4-12-27(22-6-8-23(28)9-7-22)25-10-5-20(15-21(25)18-32-27)16-26-13-11-24(31(26)3)17-29-19-26/h5-10,15,24,29H,4,11-14,16-19H2,1-3H3. The van der Waals surface area contributed by atoms with Crippen LogP contribution >= 0.6 is 0 Å². The monoisotopic (exact) mass is 437 g/mol. The van der Waals surface area contributed by atoms with Crippen molar-refractivity contribution in [2.45, 2.75) is 55.9 Å². The Morgan fingerprint density at radius 3 is 2.78 bits per heavy atom. The van der Waals surface area contributed by atoms with Gasteiger partial charge in [-0.2, -0.15) is 0 Å². The van der Waals surface area contributed by atoms with Crippen LogP contribution in [0.3, 0.4) is 0 Å². The number of likely N-dealkylation sites (N-methyl/N-ethyl adjacent to an activating group) is 1. The van der Waals surface area contributed by atoms with Crippen LogP contribution < -0.4 is 5.32 Å². The molecular formula is C27H36FN3O. The van der Waals surface area contributed by atoms with Crippen molar-refractivity contribution >= 4 is 0 Å². The SMILES string of the molecule is CN(C)CCCC1(c2ccc(F)cc2)OCc2cc(CC34CCC(CNC3)N4C)ccc21. The van der Waals surface area contributed by atoms with Gasteiger partial charge in [-0.15, -0.1) is 0 Å². The fraction of sp³-hybridized carbons (Fsp3) is 0.556. The van der Waals surface area contributed by atoms with Gasteiger partial charge in [-0.05, 0) is 94.2 Å². The molecule has 0 amide bonds. The summed E-state index contributed by atoms with van der Waals surface area (Å²) in [5.41, 5.74) is 4.73. The van der Waals surface area contributed by atoms with E-state index in [0.29, 0.717) is 12.6 Å². The highest BCUT2D eigenvalue weighted by Crippen LogP contribution is 2.46. The second-order valence-electron chi connectivity index (χ2n) is 10.4. The summed E-state index contributed by atoms with van der Waals surface area (Å²) < 4.78 is 20.3. The first kappa shape index (κ1) is 22.0. The minimum Gasteiger partial charge on any atom is -0.361 e. The highest BCUT2D eigenvalue weighted by atomic mass is 19.1. The third-order valence-electron chi connectivity index (χ3n) is 8.13. The summed E-state index contributed by atoms with van der Waals surface area (Å²) in [4.78, 5) is 4.83. The Morgan fingerprint density at radius 2 is 2.00 bits per heavy atom. The van der Waals surface area contributed by atoms with Crippen molar-refractivity contribution in [3.05, 3.63) is 70.5 Å². The molecule has 172 valence electrons. The molecule has 1 N–H and O–H groups in total. The van der Waals surface area contributed by atoms with Crippen molar-refractivity contribution in [3.8, 4) is 0 Å². The lowest BCUT2D eigenvalue weighted by atomic mass is 9.80. The van der Waals surface area contributed by atoms with E-state index in [1.165, 1.54) is 29.5 Å². The lowest BCUT2D eigenvalue weighted by molar-refractivity contribution is -0.0140. The highest BCUT2D eigenvalue weighted by Gasteiger charge is 2.47. The molecule has 3 aliphatic rings. The molecule has 2 aromatic carbocycles. The predicted molar refractivity (Wildman–Crippen MR) is 126 cm³/mol. The van der Waals surface area contributed by atoms with Crippen LogP contribution in [0, 0.1) is 5.82 Å². The van der Waals surface area contributed by atoms with E-state index in [1.54, 1.807) is 12.1 Å². The largest absolute Gasteiger partial charge is 0.361 e. The van der Waals surface area contributed by atoms with Gasteiger partial charge >= 0.3 is 0 Å². The van der Waals surface area contributed by atoms with Gasteiger partial charge < -0.3 is 15.0 Å². The zero-order valence-corrected chi connectivity index (χ0v) is 19.7. The Bertz CT molecular complexity index is 958. The summed E-state index contributed by atoms with van der Waals surface area (Å²) >= 11 is 0. The Balaban J connectivity index is 1.44. The summed E-state index contributed by atoms with van der Waals surface area (Å²) in [6.45, 7) is 3.80. The molecule has 0 aromatic heterocycles. The molecule has 3 heterocycles. The fourth-order valence-corrected chi connectivity index (χ4v) is 6.27. The van der Waals surface area contributed by atoms with Crippen LogP contribution in [0.1, 0.15) is 47.9 Å². The minimum absolute atomic E-state index is 0.204. The van der Waals surface area contributed by atoms with Gasteiger partial charge in [0.05, 0.1) is 6.61 Å². The molecule has 2 fully saturated rings. The van der Waals surface area contributed by atoms with Crippen LogP contribution in [0.2, 0.25) is 0 Å². The van der Waals surface area contributed by atoms with Crippen LogP contribution in [0.15, 0.2) is 42.5 Å². The van der Waals surface area contributed by atoms with Crippen molar-refractivity contribution in [1.29, 1.82) is 0 Å². The first-order valence-corrected chi connectivity index (χ1v) is 12.0. The summed E-state index contributed by atoms with van der Waals surface area (Å²) in [5, 5.41) is 3.66. The zero-order chi connectivity index (χ0) is 22.3. The molecule has 3 atom stereocenters. The number of benzene rings is 2. The van der Waals surface area contributed by atoms with Gasteiger partial charge in [-0.25, -0.2) is 4.39 Å². The number of fused-ring (bicyclic) bond motifs is 3. The van der Waals surface area contributed by atoms with E-state index in [0.717, 1.165) is 44.5 Å². The van der Waals surface area contributed by atoms with E-state index < -0.39 is 5.60 Å². The Labute approximate surface area is 191 Å². The normalized spacial score (nSPS) is 29.6. The van der Waals surface area contributed by atoms with Gasteiger partial charge in [0.2, 0.25) is 0 Å². The van der Waals surface area contributed by atoms with Gasteiger partial charge in [0.25, 0.3) is 0 Å². The van der Waals surface area contributed by atoms with Gasteiger partial charge in [0.1, 0.15) is 11.4 Å². The van der Waals surface area contributed by atoms with Gasteiger partial charge in [0.15, 0.2) is 0 Å². The molecule has 0 saturated carbocycles. The molecule has 5 rings (SSSR count). The second-order valence-corrected chi connectivity index (χ2v) is 10.4. The average molecular weight is 438 g/mol. The number of hydrogen-bond acceptors (Lipinski definition) is 4. The van der Waals surface area contributed by atoms with E-state index in [2.05, 4.69) is 54.5 Å². The molecule has 2 bridgehead atoms. The van der Waals surface area contributed by atoms with Gasteiger partial charge in [-0.3, -0.25) is 4.90 Å². The van der Waals surface area contributed by atoms with Crippen LogP contribution in [-0.4, -0.2) is 62.2 Å². The van der Waals surface area contributed by atoms with Crippen LogP contribution in [0.5, 0.6) is 0 Å². The van der Waals surface area contributed by atoms with E-state index in [9.17, 15) is 4.39 Å². The van der Waals surface area contributed by atoms with Crippen LogP contribution in [0.4, 0.5) is 4.39 Å². The number of nitrogens with zero attached hydrogens (tertiary/aromatic N) is 2. The van der Waals surface area contributed by atoms with E-state index >= 15 is 0 Å². The Hall–Kier alpha value is -1.79. The zero-order valence-electron chi connectivity index (χ0n) is 19.7. The summed E-state index contributed by atoms with van der Waals surface area (Å²) in [6.07, 6.45) is 5.54. The molecule has 0 radical (unpaired) electrons. The topological polar surface area (TPSA) is 27.7 Å². The predicted octanol–water partition coefficient (Wildman–Crippen LogP) is 3.92. The third-order valence-corrected chi connectivity index (χ3v) is 8.13. The Kier molecular flexibility index (Phi) is 5.87. The van der Waals surface area contributed by atoms with Crippen LogP contribution in [-0.2, 0) is 23.4 Å². The lowest BCUT2D eigenvalue weighted by Crippen LogP contribution is -2.59. The maximum Gasteiger partial charge on any atom is 0.123 e. The summed E-state index contributed by atoms with van der Waals surface area (Å²) in [5.74, 6) is -0.204. The molecule has 32 heavy (non-hydrogen) atoms. The number of piperazine rings is 1. The van der Waals surface area contributed by atoms with Crippen molar-refractivity contribution < 1.29 is 9.13 Å². The highest BCUT2D eigenvalue weighted by molar-refractivity contribution is 5.46. The van der Waals surface area contributed by atoms with Crippen molar-refractivity contribution in [1.82, 2.24) is 15.1 Å². The molecule has 3 aliphatic heterocycles. The minimum atomic E-state index is -0.489. The molecular weight excluding hydrogens is 401 g/mol. The number of nitrogens with one attached hydrogen (secondary N) is 1. The number of rotatable bonds is 7. The quantitative estimate of drug-likeness (QED) is 0.711. The maximum absolute atomic E-state index is 13.7. The fourth-order valence-electron chi connectivity index (χ4n) is 6.27. The smallest absolute Gasteiger partial charge is 0.123 e. The molecule has 3 unspecified atom stereocenters. The molecule has 0 aliphatic carbocycles. The summed E-state index contributed by atoms with van der Waals surface area (Å²) in [6, 6.07) is 14.5. The molecule has 5 heteroatoms. The van der Waals surface area contributed by atoms with Gasteiger partial charge in [0, 0.05) is 24.7 Å². The van der Waals surface area contributed by atoms with Crippen molar-refractivity contribution in [3.63, 3.8) is 0 Å². The molecule has 2 aromatic rings. The third kappa shape index (κ3) is 3.79. The second kappa shape index (κ2) is 8.53. The number of ether oxygens (including phenoxy) is 1. The molecule has 4 nitrogen and oxygen atoms in total. The first-order valence-electron chi connectivity index (χ1n) is 12.0. The number of hydrogen-bond donors (Lipinski definition) is 1. The first-order chi connectivity index (χ1) is 15.4. The lowest BCUT2D eigenvalue weighted by Gasteiger charge is -2.43. The van der Waals surface area contributed by atoms with E-state index in [1.807, 2.05) is 12.1 Å². The van der Waals surface area contributed by atoms with E-state index in [4.69, 9.17) is 4.74 Å². The van der Waals surface area contributed by atoms with Crippen molar-refractivity contribution in [2.24, 2.45) is 0 Å². The van der Waals surface area contributed by atoms with E-state index in [-0.39, 0.29) is 11.4 Å². The summed E-state index contributed by atoms with van der Waals surface area (Å²) in [7, 11) is 6.51. The van der Waals surface area contributed by atoms with Gasteiger partial charge in [-0.1, -0.05) is 30.3 Å². The molecule has 0 spiro atoms. The number of halogens is 1. The molecule has 2 saturated heterocycles. The Morgan fingerprint density at radius 1 is 1.19 bits per heavy atom. The van der Waals surface area contributed by atoms with Crippen molar-refractivity contribution in [2.75, 3.05) is 40.8 Å². The maximum atomic E-state index is 13.7. The van der Waals surface area contributed by atoms with Crippen LogP contribution in [0.25, 0.3) is 0 Å².